The van der Waals surface area contributed by atoms with Crippen LogP contribution in [0.1, 0.15) is 13.3 Å². The number of hydrogen-bond donors (Lipinski definition) is 1. The van der Waals surface area contributed by atoms with Gasteiger partial charge in [-0.05, 0) is 18.6 Å². The van der Waals surface area contributed by atoms with Gasteiger partial charge in [-0.3, -0.25) is 4.98 Å². The van der Waals surface area contributed by atoms with Gasteiger partial charge in [0.05, 0.1) is 10.6 Å². The number of hydrogen-bond acceptors (Lipinski definition) is 3. The molecule has 0 radical (unpaired) electrons. The Labute approximate surface area is 110 Å². The quantitative estimate of drug-likeness (QED) is 0.915. The molecule has 0 aliphatic carbocycles. The van der Waals surface area contributed by atoms with Gasteiger partial charge in [-0.15, -0.1) is 0 Å². The molecule has 0 saturated heterocycles. The fourth-order valence-corrected chi connectivity index (χ4v) is 1.87. The minimum absolute atomic E-state index is 0.283. The van der Waals surface area contributed by atoms with E-state index in [0.717, 1.165) is 13.0 Å². The van der Waals surface area contributed by atoms with Crippen molar-refractivity contribution >= 4 is 17.4 Å². The average molecular weight is 266 g/mol. The zero-order valence-electron chi connectivity index (χ0n) is 9.95. The van der Waals surface area contributed by atoms with Crippen molar-refractivity contribution in [2.24, 2.45) is 0 Å². The summed E-state index contributed by atoms with van der Waals surface area (Å²) in [5.41, 5.74) is 0.722. The first-order valence-electron chi connectivity index (χ1n) is 5.73. The van der Waals surface area contributed by atoms with Crippen molar-refractivity contribution in [3.63, 3.8) is 0 Å². The zero-order valence-corrected chi connectivity index (χ0v) is 10.7. The lowest BCUT2D eigenvalue weighted by Crippen LogP contribution is -2.05. The Balaban J connectivity index is 2.50. The van der Waals surface area contributed by atoms with Crippen LogP contribution in [0, 0.1) is 5.82 Å². The largest absolute Gasteiger partial charge is 0.368 e. The Morgan fingerprint density at radius 3 is 2.78 bits per heavy atom. The summed E-state index contributed by atoms with van der Waals surface area (Å²) in [4.78, 5) is 8.35. The molecule has 0 spiro atoms. The van der Waals surface area contributed by atoms with E-state index >= 15 is 0 Å². The van der Waals surface area contributed by atoms with Gasteiger partial charge in [0, 0.05) is 18.9 Å². The molecule has 0 saturated carbocycles. The summed E-state index contributed by atoms with van der Waals surface area (Å²) in [7, 11) is 0. The summed E-state index contributed by atoms with van der Waals surface area (Å²) in [6.45, 7) is 2.79. The van der Waals surface area contributed by atoms with Gasteiger partial charge in [0.1, 0.15) is 11.5 Å². The first-order valence-corrected chi connectivity index (χ1v) is 6.11. The third kappa shape index (κ3) is 2.59. The summed E-state index contributed by atoms with van der Waals surface area (Å²) in [6.07, 6.45) is 4.03. The molecule has 2 aromatic rings. The van der Waals surface area contributed by atoms with Crippen LogP contribution in [0.5, 0.6) is 0 Å². The van der Waals surface area contributed by atoms with Gasteiger partial charge in [0.2, 0.25) is 0 Å². The van der Waals surface area contributed by atoms with Crippen LogP contribution in [0.2, 0.25) is 5.02 Å². The molecule has 1 N–H and O–H groups in total. The van der Waals surface area contributed by atoms with Crippen molar-refractivity contribution in [1.82, 2.24) is 9.97 Å². The first kappa shape index (κ1) is 12.8. The summed E-state index contributed by atoms with van der Waals surface area (Å²) in [6, 6.07) is 4.56. The van der Waals surface area contributed by atoms with Crippen LogP contribution in [-0.2, 0) is 0 Å². The topological polar surface area (TPSA) is 37.8 Å². The molecule has 3 nitrogen and oxygen atoms in total. The van der Waals surface area contributed by atoms with Crippen LogP contribution in [0.15, 0.2) is 30.6 Å². The molecule has 0 fully saturated rings. The molecule has 0 aliphatic heterocycles. The fourth-order valence-electron chi connectivity index (χ4n) is 1.62. The highest BCUT2D eigenvalue weighted by Crippen LogP contribution is 2.32. The van der Waals surface area contributed by atoms with Gasteiger partial charge >= 0.3 is 0 Å². The van der Waals surface area contributed by atoms with Crippen LogP contribution in [-0.4, -0.2) is 16.5 Å². The van der Waals surface area contributed by atoms with E-state index in [2.05, 4.69) is 15.3 Å². The predicted octanol–water partition coefficient (Wildman–Crippen LogP) is 3.76. The zero-order chi connectivity index (χ0) is 13.0. The van der Waals surface area contributed by atoms with Gasteiger partial charge in [0.15, 0.2) is 5.82 Å². The summed E-state index contributed by atoms with van der Waals surface area (Å²) >= 11 is 6.03. The van der Waals surface area contributed by atoms with Gasteiger partial charge in [-0.1, -0.05) is 24.6 Å². The molecule has 1 aromatic heterocycles. The smallest absolute Gasteiger partial charge is 0.152 e. The monoisotopic (exact) mass is 265 g/mol. The Hall–Kier alpha value is -1.68. The van der Waals surface area contributed by atoms with Crippen LogP contribution in [0.3, 0.4) is 0 Å². The van der Waals surface area contributed by atoms with Crippen molar-refractivity contribution in [1.29, 1.82) is 0 Å². The van der Waals surface area contributed by atoms with Crippen molar-refractivity contribution in [2.45, 2.75) is 13.3 Å². The van der Waals surface area contributed by atoms with Gasteiger partial charge in [0.25, 0.3) is 0 Å². The molecule has 0 amide bonds. The Bertz CT molecular complexity index is 525. The van der Waals surface area contributed by atoms with E-state index < -0.39 is 5.82 Å². The maximum atomic E-state index is 13.9. The maximum Gasteiger partial charge on any atom is 0.152 e. The van der Waals surface area contributed by atoms with Crippen LogP contribution < -0.4 is 5.32 Å². The van der Waals surface area contributed by atoms with E-state index in [-0.39, 0.29) is 5.56 Å². The molecule has 1 aromatic carbocycles. The number of rotatable bonds is 4. The molecule has 0 aliphatic rings. The summed E-state index contributed by atoms with van der Waals surface area (Å²) in [5.74, 6) is 0.147. The number of nitrogens with one attached hydrogen (secondary N) is 1. The minimum atomic E-state index is -0.400. The highest BCUT2D eigenvalue weighted by atomic mass is 35.5. The lowest BCUT2D eigenvalue weighted by atomic mass is 10.1. The van der Waals surface area contributed by atoms with Crippen molar-refractivity contribution < 1.29 is 4.39 Å². The Morgan fingerprint density at radius 1 is 1.28 bits per heavy atom. The van der Waals surface area contributed by atoms with E-state index in [0.29, 0.717) is 16.5 Å². The molecule has 5 heteroatoms. The van der Waals surface area contributed by atoms with Gasteiger partial charge < -0.3 is 5.32 Å². The second-order valence-corrected chi connectivity index (χ2v) is 4.18. The normalized spacial score (nSPS) is 10.4. The van der Waals surface area contributed by atoms with Crippen LogP contribution >= 0.6 is 11.6 Å². The number of anilines is 1. The third-order valence-electron chi connectivity index (χ3n) is 2.44. The van der Waals surface area contributed by atoms with Crippen LogP contribution in [0.4, 0.5) is 10.2 Å². The van der Waals surface area contributed by atoms with Gasteiger partial charge in [-0.25, -0.2) is 9.37 Å². The molecular formula is C13H13ClFN3. The lowest BCUT2D eigenvalue weighted by molar-refractivity contribution is 0.630. The lowest BCUT2D eigenvalue weighted by Gasteiger charge is -2.10. The number of benzene rings is 1. The predicted molar refractivity (Wildman–Crippen MR) is 71.2 cm³/mol. The molecule has 18 heavy (non-hydrogen) atoms. The van der Waals surface area contributed by atoms with E-state index in [9.17, 15) is 4.39 Å². The molecule has 1 heterocycles. The standard InChI is InChI=1S/C13H13ClFN3/c1-2-6-17-13-12(16-7-8-18-13)11-9(14)4-3-5-10(11)15/h3-5,7-8H,2,6H2,1H3,(H,17,18). The summed E-state index contributed by atoms with van der Waals surface area (Å²) < 4.78 is 13.9. The second kappa shape index (κ2) is 5.78. The van der Waals surface area contributed by atoms with Gasteiger partial charge in [-0.2, -0.15) is 0 Å². The summed E-state index contributed by atoms with van der Waals surface area (Å²) in [5, 5.41) is 3.45. The Kier molecular flexibility index (Phi) is 4.10. The molecule has 0 bridgehead atoms. The third-order valence-corrected chi connectivity index (χ3v) is 2.76. The SMILES string of the molecule is CCCNc1nccnc1-c1c(F)cccc1Cl. The highest BCUT2D eigenvalue weighted by molar-refractivity contribution is 6.33. The molecule has 0 unspecified atom stereocenters. The highest BCUT2D eigenvalue weighted by Gasteiger charge is 2.15. The van der Waals surface area contributed by atoms with Crippen molar-refractivity contribution in [3.8, 4) is 11.3 Å². The average Bonchev–Trinajstić information content (AvgIpc) is 2.37. The van der Waals surface area contributed by atoms with Crippen molar-refractivity contribution in [3.05, 3.63) is 41.4 Å². The maximum absolute atomic E-state index is 13.9. The minimum Gasteiger partial charge on any atom is -0.368 e. The van der Waals surface area contributed by atoms with E-state index in [4.69, 9.17) is 11.6 Å². The number of halogens is 2. The number of nitrogens with zero attached hydrogens (tertiary/aromatic N) is 2. The second-order valence-electron chi connectivity index (χ2n) is 3.78. The molecule has 2 rings (SSSR count). The Morgan fingerprint density at radius 2 is 2.06 bits per heavy atom. The molecular weight excluding hydrogens is 253 g/mol. The molecule has 94 valence electrons. The van der Waals surface area contributed by atoms with E-state index in [1.807, 2.05) is 6.92 Å². The molecule has 0 atom stereocenters. The first-order chi connectivity index (χ1) is 8.74. The van der Waals surface area contributed by atoms with Crippen LogP contribution in [0.25, 0.3) is 11.3 Å². The van der Waals surface area contributed by atoms with E-state index in [1.165, 1.54) is 12.3 Å². The van der Waals surface area contributed by atoms with E-state index in [1.54, 1.807) is 18.3 Å². The van der Waals surface area contributed by atoms with Crippen molar-refractivity contribution in [2.75, 3.05) is 11.9 Å². The number of aromatic nitrogens is 2. The fraction of sp³-hybridized carbons (Fsp3) is 0.231.